The summed E-state index contributed by atoms with van der Waals surface area (Å²) in [6, 6.07) is 7.34. The number of halogens is 1. The van der Waals surface area contributed by atoms with Crippen LogP contribution >= 0.6 is 23.4 Å². The molecule has 0 aliphatic carbocycles. The molecule has 9 heteroatoms. The number of carbonyl (C=O) groups excluding carboxylic acids is 2. The van der Waals surface area contributed by atoms with Crippen molar-refractivity contribution < 1.29 is 14.3 Å². The first kappa shape index (κ1) is 15.8. The molecule has 1 aromatic heterocycles. The third-order valence-corrected chi connectivity index (χ3v) is 4.67. The first-order valence-electron chi connectivity index (χ1n) is 6.82. The Hall–Kier alpha value is -2.06. The second-order valence-electron chi connectivity index (χ2n) is 4.79. The largest absolute Gasteiger partial charge is 0.447 e. The average Bonchev–Trinajstić information content (AvgIpc) is 3.12. The monoisotopic (exact) mass is 352 g/mol. The van der Waals surface area contributed by atoms with Gasteiger partial charge in [0, 0.05) is 12.6 Å². The molecule has 120 valence electrons. The molecule has 1 aromatic carbocycles. The Morgan fingerprint density at radius 2 is 2.17 bits per heavy atom. The number of hydrogen-bond acceptors (Lipinski definition) is 6. The van der Waals surface area contributed by atoms with Crippen LogP contribution in [0.25, 0.3) is 11.4 Å². The number of benzene rings is 1. The van der Waals surface area contributed by atoms with E-state index in [0.717, 1.165) is 10.5 Å². The molecule has 0 spiro atoms. The van der Waals surface area contributed by atoms with E-state index >= 15 is 0 Å². The number of rotatable bonds is 4. The number of amides is 2. The molecule has 3 rings (SSSR count). The van der Waals surface area contributed by atoms with E-state index in [1.807, 2.05) is 18.2 Å². The minimum atomic E-state index is -0.592. The molecule has 0 radical (unpaired) electrons. The van der Waals surface area contributed by atoms with Crippen LogP contribution in [0, 0.1) is 0 Å². The predicted octanol–water partition coefficient (Wildman–Crippen LogP) is 2.21. The molecular weight excluding hydrogens is 340 g/mol. The highest BCUT2D eigenvalue weighted by molar-refractivity contribution is 7.99. The van der Waals surface area contributed by atoms with E-state index in [4.69, 9.17) is 16.3 Å². The van der Waals surface area contributed by atoms with Crippen LogP contribution in [0.15, 0.2) is 29.4 Å². The second kappa shape index (κ2) is 6.59. The molecular formula is C14H13ClN4O3S. The fourth-order valence-electron chi connectivity index (χ4n) is 2.14. The van der Waals surface area contributed by atoms with Crippen molar-refractivity contribution >= 4 is 35.4 Å². The summed E-state index contributed by atoms with van der Waals surface area (Å²) in [7, 11) is 1.80. The number of imide groups is 1. The third kappa shape index (κ3) is 3.18. The molecule has 0 bridgehead atoms. The van der Waals surface area contributed by atoms with Gasteiger partial charge in [-0.2, -0.15) is 0 Å². The van der Waals surface area contributed by atoms with Gasteiger partial charge in [-0.15, -0.1) is 10.2 Å². The third-order valence-electron chi connectivity index (χ3n) is 3.34. The molecule has 1 aliphatic rings. The number of thioether (sulfide) groups is 1. The number of nitrogens with zero attached hydrogens (tertiary/aromatic N) is 4. The number of hydrogen-bond donors (Lipinski definition) is 0. The van der Waals surface area contributed by atoms with Gasteiger partial charge in [0.05, 0.1) is 17.3 Å². The van der Waals surface area contributed by atoms with Crippen LogP contribution in [0.5, 0.6) is 0 Å². The summed E-state index contributed by atoms with van der Waals surface area (Å²) >= 11 is 7.38. The molecule has 7 nitrogen and oxygen atoms in total. The minimum absolute atomic E-state index is 0.0869. The SMILES string of the molecule is Cn1c(SCC(=O)N2CCOC2=O)nnc1-c1ccccc1Cl. The van der Waals surface area contributed by atoms with Gasteiger partial charge in [0.2, 0.25) is 5.91 Å². The van der Waals surface area contributed by atoms with Crippen molar-refractivity contribution in [3.05, 3.63) is 29.3 Å². The van der Waals surface area contributed by atoms with E-state index in [2.05, 4.69) is 10.2 Å². The molecule has 2 aromatic rings. The summed E-state index contributed by atoms with van der Waals surface area (Å²) in [4.78, 5) is 24.4. The van der Waals surface area contributed by atoms with Crippen LogP contribution in [0.3, 0.4) is 0 Å². The van der Waals surface area contributed by atoms with E-state index < -0.39 is 6.09 Å². The molecule has 1 saturated heterocycles. The smallest absolute Gasteiger partial charge is 0.416 e. The maximum atomic E-state index is 12.0. The van der Waals surface area contributed by atoms with E-state index in [1.165, 1.54) is 11.8 Å². The number of aromatic nitrogens is 3. The Morgan fingerprint density at radius 1 is 1.39 bits per heavy atom. The van der Waals surface area contributed by atoms with Crippen LogP contribution in [0.4, 0.5) is 4.79 Å². The zero-order chi connectivity index (χ0) is 16.4. The predicted molar refractivity (Wildman–Crippen MR) is 85.2 cm³/mol. The molecule has 0 unspecified atom stereocenters. The Kier molecular flexibility index (Phi) is 4.53. The lowest BCUT2D eigenvalue weighted by Gasteiger charge is -2.10. The van der Waals surface area contributed by atoms with Gasteiger partial charge in [-0.1, -0.05) is 35.5 Å². The second-order valence-corrected chi connectivity index (χ2v) is 6.14. The minimum Gasteiger partial charge on any atom is -0.447 e. The lowest BCUT2D eigenvalue weighted by Crippen LogP contribution is -2.33. The molecule has 1 aliphatic heterocycles. The quantitative estimate of drug-likeness (QED) is 0.785. The van der Waals surface area contributed by atoms with Crippen LogP contribution in [-0.2, 0) is 16.6 Å². The van der Waals surface area contributed by atoms with Crippen molar-refractivity contribution in [2.45, 2.75) is 5.16 Å². The summed E-state index contributed by atoms with van der Waals surface area (Å²) in [6.07, 6.45) is -0.592. The van der Waals surface area contributed by atoms with Gasteiger partial charge < -0.3 is 9.30 Å². The van der Waals surface area contributed by atoms with Crippen LogP contribution in [-0.4, -0.2) is 50.6 Å². The fourth-order valence-corrected chi connectivity index (χ4v) is 3.15. The summed E-state index contributed by atoms with van der Waals surface area (Å²) in [5.41, 5.74) is 0.769. The molecule has 2 amide bonds. The highest BCUT2D eigenvalue weighted by atomic mass is 35.5. The van der Waals surface area contributed by atoms with Crippen molar-refractivity contribution in [1.29, 1.82) is 0 Å². The maximum Gasteiger partial charge on any atom is 0.416 e. The van der Waals surface area contributed by atoms with Crippen LogP contribution in [0.2, 0.25) is 5.02 Å². The Labute approximate surface area is 141 Å². The average molecular weight is 353 g/mol. The lowest BCUT2D eigenvalue weighted by atomic mass is 10.2. The van der Waals surface area contributed by atoms with Gasteiger partial charge in [-0.05, 0) is 12.1 Å². The molecule has 0 N–H and O–H groups in total. The molecule has 0 saturated carbocycles. The van der Waals surface area contributed by atoms with E-state index in [-0.39, 0.29) is 18.3 Å². The lowest BCUT2D eigenvalue weighted by molar-refractivity contribution is -0.125. The van der Waals surface area contributed by atoms with Gasteiger partial charge in [0.15, 0.2) is 11.0 Å². The first-order valence-corrected chi connectivity index (χ1v) is 8.18. The summed E-state index contributed by atoms with van der Waals surface area (Å²) in [6.45, 7) is 0.539. The summed E-state index contributed by atoms with van der Waals surface area (Å²) in [5.74, 6) is 0.398. The van der Waals surface area contributed by atoms with Crippen molar-refractivity contribution in [2.75, 3.05) is 18.9 Å². The van der Waals surface area contributed by atoms with Crippen molar-refractivity contribution in [3.63, 3.8) is 0 Å². The molecule has 2 heterocycles. The van der Waals surface area contributed by atoms with Gasteiger partial charge in [0.1, 0.15) is 6.61 Å². The van der Waals surface area contributed by atoms with Gasteiger partial charge >= 0.3 is 6.09 Å². The highest BCUT2D eigenvalue weighted by Gasteiger charge is 2.28. The van der Waals surface area contributed by atoms with Crippen molar-refractivity contribution in [1.82, 2.24) is 19.7 Å². The highest BCUT2D eigenvalue weighted by Crippen LogP contribution is 2.28. The first-order chi connectivity index (χ1) is 11.1. The zero-order valence-electron chi connectivity index (χ0n) is 12.2. The van der Waals surface area contributed by atoms with E-state index in [1.54, 1.807) is 17.7 Å². The standard InChI is InChI=1S/C14H13ClN4O3S/c1-18-12(9-4-2-3-5-10(9)15)16-17-13(18)23-8-11(20)19-6-7-22-14(19)21/h2-5H,6-8H2,1H3. The molecule has 23 heavy (non-hydrogen) atoms. The van der Waals surface area contributed by atoms with Crippen molar-refractivity contribution in [2.24, 2.45) is 7.05 Å². The number of carbonyl (C=O) groups is 2. The normalized spacial score (nSPS) is 14.2. The topological polar surface area (TPSA) is 77.3 Å². The zero-order valence-corrected chi connectivity index (χ0v) is 13.8. The number of cyclic esters (lactones) is 1. The Balaban J connectivity index is 1.72. The number of ether oxygens (including phenoxy) is 1. The Morgan fingerprint density at radius 3 is 2.87 bits per heavy atom. The van der Waals surface area contributed by atoms with Gasteiger partial charge in [0.25, 0.3) is 0 Å². The van der Waals surface area contributed by atoms with Gasteiger partial charge in [-0.3, -0.25) is 4.79 Å². The Bertz CT molecular complexity index is 764. The molecule has 1 fully saturated rings. The summed E-state index contributed by atoms with van der Waals surface area (Å²) in [5, 5.41) is 9.36. The van der Waals surface area contributed by atoms with Gasteiger partial charge in [-0.25, -0.2) is 9.69 Å². The van der Waals surface area contributed by atoms with Crippen molar-refractivity contribution in [3.8, 4) is 11.4 Å². The van der Waals surface area contributed by atoms with E-state index in [9.17, 15) is 9.59 Å². The van der Waals surface area contributed by atoms with Crippen LogP contribution in [0.1, 0.15) is 0 Å². The maximum absolute atomic E-state index is 12.0. The van der Waals surface area contributed by atoms with Crippen LogP contribution < -0.4 is 0 Å². The molecule has 0 atom stereocenters. The van der Waals surface area contributed by atoms with E-state index in [0.29, 0.717) is 22.5 Å². The fraction of sp³-hybridized carbons (Fsp3) is 0.286. The summed E-state index contributed by atoms with van der Waals surface area (Å²) < 4.78 is 6.51.